The highest BCUT2D eigenvalue weighted by Gasteiger charge is 2.47. The van der Waals surface area contributed by atoms with Crippen LogP contribution in [0.25, 0.3) is 22.4 Å². The molecule has 5 rings (SSSR count). The summed E-state index contributed by atoms with van der Waals surface area (Å²) in [5.41, 5.74) is -0.0547. The molecular formula is C23H28B2N6O3S. The number of ether oxygens (including phenoxy) is 2. The zero-order valence-corrected chi connectivity index (χ0v) is 21.4. The van der Waals surface area contributed by atoms with Crippen molar-refractivity contribution in [1.82, 2.24) is 19.9 Å². The molecule has 1 fully saturated rings. The molecule has 3 aromatic heterocycles. The Kier molecular flexibility index (Phi) is 5.77. The molecule has 0 unspecified atom stereocenters. The van der Waals surface area contributed by atoms with Gasteiger partial charge in [0.15, 0.2) is 17.4 Å². The minimum atomic E-state index is -2.16. The maximum atomic E-state index is 10.1. The molecule has 9 nitrogen and oxygen atoms in total. The minimum absolute atomic E-state index is 0.0879. The van der Waals surface area contributed by atoms with Gasteiger partial charge in [-0.2, -0.15) is 11.8 Å². The van der Waals surface area contributed by atoms with E-state index in [1.54, 1.807) is 24.2 Å². The Hall–Kier alpha value is -2.43. The molecule has 180 valence electrons. The molecule has 3 N–H and O–H groups in total. The molecule has 1 saturated heterocycles. The molecule has 0 saturated carbocycles. The zero-order valence-electron chi connectivity index (χ0n) is 20.5. The molecule has 5 heterocycles. The first kappa shape index (κ1) is 24.3. The van der Waals surface area contributed by atoms with Crippen molar-refractivity contribution in [1.29, 1.82) is 0 Å². The van der Waals surface area contributed by atoms with Gasteiger partial charge in [-0.1, -0.05) is 0 Å². The summed E-state index contributed by atoms with van der Waals surface area (Å²) < 4.78 is 11.9. The molecule has 0 aromatic carbocycles. The Bertz CT molecular complexity index is 1280. The maximum absolute atomic E-state index is 10.1. The van der Waals surface area contributed by atoms with E-state index in [0.29, 0.717) is 48.3 Å². The Balaban J connectivity index is 1.81. The van der Waals surface area contributed by atoms with Crippen molar-refractivity contribution in [2.75, 3.05) is 36.3 Å². The van der Waals surface area contributed by atoms with Gasteiger partial charge in [0, 0.05) is 17.1 Å². The van der Waals surface area contributed by atoms with Gasteiger partial charge < -0.3 is 29.8 Å². The van der Waals surface area contributed by atoms with Crippen molar-refractivity contribution in [3.05, 3.63) is 24.2 Å². The summed E-state index contributed by atoms with van der Waals surface area (Å²) in [4.78, 5) is 20.0. The summed E-state index contributed by atoms with van der Waals surface area (Å²) in [7, 11) is 11.4. The van der Waals surface area contributed by atoms with Crippen molar-refractivity contribution < 1.29 is 14.6 Å². The summed E-state index contributed by atoms with van der Waals surface area (Å²) in [5, 5.41) is 13.6. The summed E-state index contributed by atoms with van der Waals surface area (Å²) in [5.74, 6) is 1.85. The largest absolute Gasteiger partial charge is 0.485 e. The lowest BCUT2D eigenvalue weighted by atomic mass is 9.73. The van der Waals surface area contributed by atoms with Crippen molar-refractivity contribution in [2.45, 2.75) is 49.5 Å². The van der Waals surface area contributed by atoms with Crippen molar-refractivity contribution >= 4 is 50.0 Å². The van der Waals surface area contributed by atoms with Crippen molar-refractivity contribution in [2.24, 2.45) is 0 Å². The summed E-state index contributed by atoms with van der Waals surface area (Å²) >= 11 is 1.68. The highest BCUT2D eigenvalue weighted by atomic mass is 32.2. The number of nitrogens with zero attached hydrogens (tertiary/aromatic N) is 4. The third kappa shape index (κ3) is 4.15. The molecule has 0 amide bonds. The number of aliphatic hydroxyl groups is 1. The van der Waals surface area contributed by atoms with Crippen LogP contribution in [0.3, 0.4) is 0 Å². The van der Waals surface area contributed by atoms with Gasteiger partial charge >= 0.3 is 0 Å². The van der Waals surface area contributed by atoms with Gasteiger partial charge in [0.1, 0.15) is 33.6 Å². The maximum Gasteiger partial charge on any atom is 0.184 e. The molecule has 0 aliphatic carbocycles. The van der Waals surface area contributed by atoms with E-state index in [1.807, 2.05) is 12.3 Å². The van der Waals surface area contributed by atoms with E-state index in [9.17, 15) is 5.11 Å². The van der Waals surface area contributed by atoms with E-state index < -0.39 is 5.52 Å². The lowest BCUT2D eigenvalue weighted by Gasteiger charge is -2.52. The molecule has 35 heavy (non-hydrogen) atoms. The number of H-pyrrole nitrogens is 1. The first-order valence-electron chi connectivity index (χ1n) is 11.5. The van der Waals surface area contributed by atoms with E-state index in [2.05, 4.69) is 47.9 Å². The molecule has 2 aliphatic heterocycles. The fourth-order valence-corrected chi connectivity index (χ4v) is 5.17. The van der Waals surface area contributed by atoms with Crippen LogP contribution in [0, 0.1) is 0 Å². The highest BCUT2D eigenvalue weighted by Crippen LogP contribution is 2.49. The fourth-order valence-electron chi connectivity index (χ4n) is 4.84. The third-order valence-electron chi connectivity index (χ3n) is 6.62. The van der Waals surface area contributed by atoms with E-state index in [0.717, 1.165) is 16.9 Å². The molecule has 2 aliphatic rings. The van der Waals surface area contributed by atoms with Crippen LogP contribution in [0.4, 0.5) is 11.5 Å². The predicted octanol–water partition coefficient (Wildman–Crippen LogP) is 2.35. The second-order valence-electron chi connectivity index (χ2n) is 10.0. The molecule has 0 spiro atoms. The number of hydrogen-bond donors (Lipinski definition) is 3. The van der Waals surface area contributed by atoms with Crippen LogP contribution in [0.5, 0.6) is 5.75 Å². The first-order chi connectivity index (χ1) is 16.4. The highest BCUT2D eigenvalue weighted by molar-refractivity contribution is 7.99. The standard InChI is InChI=1S/C23H28B2N6O3S/c1-12-9-33-10-22(4)11-34-16-17(21(2,3)35-5)28-19(29-20(16)31(12)22)15-13-6-7-26-18(13)27-8-14(15)30-23(24,25)32/h6-8,12,30,32H,9-11H2,1-5H3,(H,26,27)/t12-,22+/m1/s1. The molecule has 2 atom stereocenters. The normalized spacial score (nSPS) is 22.5. The Morgan fingerprint density at radius 3 is 2.80 bits per heavy atom. The van der Waals surface area contributed by atoms with Crippen molar-refractivity contribution in [3.63, 3.8) is 0 Å². The molecule has 0 bridgehead atoms. The number of pyridine rings is 1. The summed E-state index contributed by atoms with van der Waals surface area (Å²) in [6.07, 6.45) is 5.39. The average Bonchev–Trinajstić information content (AvgIpc) is 3.25. The van der Waals surface area contributed by atoms with Gasteiger partial charge in [0.05, 0.1) is 47.0 Å². The number of hydrogen-bond acceptors (Lipinski definition) is 9. The fraction of sp³-hybridized carbons (Fsp3) is 0.522. The van der Waals surface area contributed by atoms with Crippen LogP contribution < -0.4 is 15.0 Å². The van der Waals surface area contributed by atoms with Gasteiger partial charge in [-0.3, -0.25) is 0 Å². The van der Waals surface area contributed by atoms with Crippen molar-refractivity contribution in [3.8, 4) is 17.1 Å². The van der Waals surface area contributed by atoms with Crippen LogP contribution in [0.1, 0.15) is 33.4 Å². The molecular weight excluding hydrogens is 462 g/mol. The second kappa shape index (κ2) is 8.31. The predicted molar refractivity (Wildman–Crippen MR) is 140 cm³/mol. The Morgan fingerprint density at radius 2 is 2.09 bits per heavy atom. The molecule has 3 aromatic rings. The average molecular weight is 490 g/mol. The number of rotatable bonds is 5. The van der Waals surface area contributed by atoms with Gasteiger partial charge in [0.25, 0.3) is 0 Å². The van der Waals surface area contributed by atoms with Gasteiger partial charge in [0.2, 0.25) is 0 Å². The number of fused-ring (bicyclic) bond motifs is 4. The third-order valence-corrected chi connectivity index (χ3v) is 7.84. The summed E-state index contributed by atoms with van der Waals surface area (Å²) in [6.45, 7) is 10.1. The number of aromatic nitrogens is 4. The van der Waals surface area contributed by atoms with E-state index >= 15 is 0 Å². The van der Waals surface area contributed by atoms with Crippen LogP contribution in [0.2, 0.25) is 0 Å². The zero-order chi connectivity index (χ0) is 25.2. The number of nitrogens with one attached hydrogen (secondary N) is 2. The van der Waals surface area contributed by atoms with Crippen LogP contribution in [-0.4, -0.2) is 83.9 Å². The first-order valence-corrected chi connectivity index (χ1v) is 12.7. The Morgan fingerprint density at radius 1 is 1.31 bits per heavy atom. The van der Waals surface area contributed by atoms with Gasteiger partial charge in [-0.25, -0.2) is 15.0 Å². The molecule has 4 radical (unpaired) electrons. The van der Waals surface area contributed by atoms with Crippen LogP contribution in [0.15, 0.2) is 18.5 Å². The number of thioether (sulfide) groups is 1. The lowest BCUT2D eigenvalue weighted by Crippen LogP contribution is -2.64. The summed E-state index contributed by atoms with van der Waals surface area (Å²) in [6, 6.07) is 1.97. The van der Waals surface area contributed by atoms with E-state index in [4.69, 9.17) is 35.1 Å². The van der Waals surface area contributed by atoms with Gasteiger partial charge in [-0.15, -0.1) is 0 Å². The lowest BCUT2D eigenvalue weighted by molar-refractivity contribution is 0.00707. The molecule has 12 heteroatoms. The Labute approximate surface area is 211 Å². The topological polar surface area (TPSA) is 108 Å². The second-order valence-corrected chi connectivity index (χ2v) is 11.4. The quantitative estimate of drug-likeness (QED) is 0.367. The van der Waals surface area contributed by atoms with E-state index in [-0.39, 0.29) is 16.3 Å². The van der Waals surface area contributed by atoms with E-state index in [1.165, 1.54) is 0 Å². The minimum Gasteiger partial charge on any atom is -0.485 e. The SMILES string of the molecule is [B]C([B])(O)Nc1cnc2[nH]ccc2c1-c1nc2c(c(C(C)(C)SC)n1)OC[C@]1(C)COC[C@@H](C)N21. The monoisotopic (exact) mass is 490 g/mol. The van der Waals surface area contributed by atoms with Gasteiger partial charge in [-0.05, 0) is 40.0 Å². The number of anilines is 2. The van der Waals surface area contributed by atoms with Crippen LogP contribution in [-0.2, 0) is 9.48 Å². The number of morpholine rings is 1. The number of aromatic amines is 1. The van der Waals surface area contributed by atoms with Crippen LogP contribution >= 0.6 is 11.8 Å². The smallest absolute Gasteiger partial charge is 0.184 e.